The average molecular weight is 433 g/mol. The number of aryl methyl sites for hydroxylation is 3. The Morgan fingerprint density at radius 2 is 1.70 bits per heavy atom. The lowest BCUT2D eigenvalue weighted by Crippen LogP contribution is -2.48. The van der Waals surface area contributed by atoms with E-state index in [9.17, 15) is 13.2 Å². The Balaban J connectivity index is 1.97. The number of sulfonamides is 1. The smallest absolute Gasteiger partial charge is 0.243 e. The Kier molecular flexibility index (Phi) is 8.29. The molecule has 30 heavy (non-hydrogen) atoms. The highest BCUT2D eigenvalue weighted by atomic mass is 32.2. The zero-order chi connectivity index (χ0) is 22.3. The molecule has 0 fully saturated rings. The van der Waals surface area contributed by atoms with Gasteiger partial charge in [-0.05, 0) is 81.5 Å². The highest BCUT2D eigenvalue weighted by molar-refractivity contribution is 7.92. The van der Waals surface area contributed by atoms with Crippen LogP contribution in [0.4, 0.5) is 5.69 Å². The molecule has 1 amide bonds. The number of anilines is 1. The molecule has 0 aliphatic rings. The van der Waals surface area contributed by atoms with Gasteiger partial charge in [0.25, 0.3) is 0 Å². The molecule has 0 saturated carbocycles. The first-order valence-corrected chi connectivity index (χ1v) is 12.0. The first-order chi connectivity index (χ1) is 14.1. The SMILES string of the molecule is CCOc1ccc(CCCNC(=O)[C@H](C)N(c2cc(C)cc(C)c2)S(C)(=O)=O)cc1. The van der Waals surface area contributed by atoms with Crippen molar-refractivity contribution in [2.24, 2.45) is 0 Å². The normalized spacial score (nSPS) is 12.3. The van der Waals surface area contributed by atoms with Gasteiger partial charge < -0.3 is 10.1 Å². The van der Waals surface area contributed by atoms with Gasteiger partial charge in [0.2, 0.25) is 15.9 Å². The molecule has 2 aromatic carbocycles. The second-order valence-corrected chi connectivity index (χ2v) is 9.41. The molecule has 0 radical (unpaired) electrons. The van der Waals surface area contributed by atoms with Crippen molar-refractivity contribution in [1.82, 2.24) is 5.32 Å². The van der Waals surface area contributed by atoms with Crippen molar-refractivity contribution in [1.29, 1.82) is 0 Å². The van der Waals surface area contributed by atoms with Crippen molar-refractivity contribution in [3.8, 4) is 5.75 Å². The van der Waals surface area contributed by atoms with Crippen molar-refractivity contribution >= 4 is 21.6 Å². The van der Waals surface area contributed by atoms with E-state index in [0.717, 1.165) is 41.5 Å². The molecule has 0 aromatic heterocycles. The fourth-order valence-electron chi connectivity index (χ4n) is 3.46. The molecule has 164 valence electrons. The van der Waals surface area contributed by atoms with Crippen LogP contribution in [-0.4, -0.2) is 39.8 Å². The van der Waals surface area contributed by atoms with Crippen LogP contribution >= 0.6 is 0 Å². The van der Waals surface area contributed by atoms with Gasteiger partial charge in [-0.3, -0.25) is 9.10 Å². The fraction of sp³-hybridized carbons (Fsp3) is 0.435. The Morgan fingerprint density at radius 1 is 1.10 bits per heavy atom. The number of hydrogen-bond donors (Lipinski definition) is 1. The van der Waals surface area contributed by atoms with Gasteiger partial charge in [-0.2, -0.15) is 0 Å². The van der Waals surface area contributed by atoms with E-state index in [1.54, 1.807) is 19.1 Å². The number of rotatable bonds is 10. The summed E-state index contributed by atoms with van der Waals surface area (Å²) in [4.78, 5) is 12.7. The average Bonchev–Trinajstić information content (AvgIpc) is 2.64. The number of ether oxygens (including phenoxy) is 1. The number of nitrogens with zero attached hydrogens (tertiary/aromatic N) is 1. The number of benzene rings is 2. The van der Waals surface area contributed by atoms with E-state index in [1.165, 1.54) is 4.31 Å². The molecule has 7 heteroatoms. The standard InChI is InChI=1S/C23H32N2O4S/c1-6-29-22-11-9-20(10-12-22)8-7-13-24-23(26)19(4)25(30(5,27)28)21-15-17(2)14-18(3)16-21/h9-12,14-16,19H,6-8,13H2,1-5H3,(H,24,26)/t19-/m0/s1. The van der Waals surface area contributed by atoms with E-state index in [1.807, 2.05) is 51.1 Å². The van der Waals surface area contributed by atoms with Gasteiger partial charge in [0.05, 0.1) is 18.6 Å². The second kappa shape index (κ2) is 10.5. The molecule has 6 nitrogen and oxygen atoms in total. The lowest BCUT2D eigenvalue weighted by Gasteiger charge is -2.28. The molecule has 0 bridgehead atoms. The van der Waals surface area contributed by atoms with Crippen LogP contribution in [-0.2, 0) is 21.2 Å². The first kappa shape index (κ1) is 23.7. The summed E-state index contributed by atoms with van der Waals surface area (Å²) in [6.07, 6.45) is 2.70. The van der Waals surface area contributed by atoms with E-state index in [2.05, 4.69) is 5.32 Å². The number of nitrogens with one attached hydrogen (secondary N) is 1. The largest absolute Gasteiger partial charge is 0.494 e. The summed E-state index contributed by atoms with van der Waals surface area (Å²) in [7, 11) is -3.62. The molecule has 2 rings (SSSR count). The Hall–Kier alpha value is -2.54. The van der Waals surface area contributed by atoms with Gasteiger partial charge in [0, 0.05) is 6.54 Å². The maximum absolute atomic E-state index is 12.7. The zero-order valence-electron chi connectivity index (χ0n) is 18.4. The minimum absolute atomic E-state index is 0.314. The van der Waals surface area contributed by atoms with Gasteiger partial charge in [0.15, 0.2) is 0 Å². The van der Waals surface area contributed by atoms with Gasteiger partial charge in [-0.25, -0.2) is 8.42 Å². The highest BCUT2D eigenvalue weighted by Crippen LogP contribution is 2.24. The van der Waals surface area contributed by atoms with Crippen LogP contribution in [0.15, 0.2) is 42.5 Å². The van der Waals surface area contributed by atoms with Gasteiger partial charge >= 0.3 is 0 Å². The van der Waals surface area contributed by atoms with E-state index < -0.39 is 16.1 Å². The summed E-state index contributed by atoms with van der Waals surface area (Å²) < 4.78 is 31.5. The summed E-state index contributed by atoms with van der Waals surface area (Å²) in [6, 6.07) is 12.6. The molecule has 0 aliphatic heterocycles. The Labute approximate surface area is 180 Å². The molecular formula is C23H32N2O4S. The van der Waals surface area contributed by atoms with Crippen molar-refractivity contribution < 1.29 is 17.9 Å². The Morgan fingerprint density at radius 3 is 2.23 bits per heavy atom. The van der Waals surface area contributed by atoms with E-state index in [0.29, 0.717) is 18.8 Å². The first-order valence-electron chi connectivity index (χ1n) is 10.2. The van der Waals surface area contributed by atoms with Crippen LogP contribution < -0.4 is 14.4 Å². The summed E-state index contributed by atoms with van der Waals surface area (Å²) in [5.74, 6) is 0.530. The number of carbonyl (C=O) groups is 1. The second-order valence-electron chi connectivity index (χ2n) is 7.55. The zero-order valence-corrected chi connectivity index (χ0v) is 19.3. The minimum atomic E-state index is -3.62. The van der Waals surface area contributed by atoms with Crippen LogP contribution in [0, 0.1) is 13.8 Å². The summed E-state index contributed by atoms with van der Waals surface area (Å²) in [5.41, 5.74) is 3.56. The molecule has 0 saturated heterocycles. The minimum Gasteiger partial charge on any atom is -0.494 e. The maximum atomic E-state index is 12.7. The number of hydrogen-bond acceptors (Lipinski definition) is 4. The molecule has 0 unspecified atom stereocenters. The summed E-state index contributed by atoms with van der Waals surface area (Å²) >= 11 is 0. The fourth-order valence-corrected chi connectivity index (χ4v) is 4.62. The van der Waals surface area contributed by atoms with Crippen molar-refractivity contribution in [2.75, 3.05) is 23.7 Å². The van der Waals surface area contributed by atoms with Crippen LogP contribution in [0.2, 0.25) is 0 Å². The maximum Gasteiger partial charge on any atom is 0.243 e. The molecule has 0 spiro atoms. The molecule has 2 aromatic rings. The highest BCUT2D eigenvalue weighted by Gasteiger charge is 2.29. The van der Waals surface area contributed by atoms with E-state index in [-0.39, 0.29) is 5.91 Å². The quantitative estimate of drug-likeness (QED) is 0.582. The van der Waals surface area contributed by atoms with E-state index in [4.69, 9.17) is 4.74 Å². The molecule has 1 N–H and O–H groups in total. The van der Waals surface area contributed by atoms with Gasteiger partial charge in [0.1, 0.15) is 11.8 Å². The third-order valence-corrected chi connectivity index (χ3v) is 5.97. The van der Waals surface area contributed by atoms with Crippen LogP contribution in [0.25, 0.3) is 0 Å². The number of carbonyl (C=O) groups excluding carboxylic acids is 1. The van der Waals surface area contributed by atoms with Gasteiger partial charge in [-0.1, -0.05) is 18.2 Å². The van der Waals surface area contributed by atoms with Crippen molar-refractivity contribution in [3.05, 3.63) is 59.2 Å². The summed E-state index contributed by atoms with van der Waals surface area (Å²) in [6.45, 7) is 8.48. The summed E-state index contributed by atoms with van der Waals surface area (Å²) in [5, 5.41) is 2.87. The van der Waals surface area contributed by atoms with Crippen molar-refractivity contribution in [3.63, 3.8) is 0 Å². The molecule has 0 aliphatic carbocycles. The van der Waals surface area contributed by atoms with Crippen LogP contribution in [0.5, 0.6) is 5.75 Å². The predicted octanol–water partition coefficient (Wildman–Crippen LogP) is 3.61. The molecule has 1 atom stereocenters. The van der Waals surface area contributed by atoms with Crippen LogP contribution in [0.1, 0.15) is 37.0 Å². The topological polar surface area (TPSA) is 75.7 Å². The van der Waals surface area contributed by atoms with E-state index >= 15 is 0 Å². The third kappa shape index (κ3) is 6.76. The Bertz CT molecular complexity index is 935. The van der Waals surface area contributed by atoms with Crippen LogP contribution in [0.3, 0.4) is 0 Å². The molecular weight excluding hydrogens is 400 g/mol. The predicted molar refractivity (Wildman–Crippen MR) is 122 cm³/mol. The third-order valence-electron chi connectivity index (χ3n) is 4.73. The van der Waals surface area contributed by atoms with Gasteiger partial charge in [-0.15, -0.1) is 0 Å². The number of amides is 1. The lowest BCUT2D eigenvalue weighted by molar-refractivity contribution is -0.121. The lowest BCUT2D eigenvalue weighted by atomic mass is 10.1. The molecule has 0 heterocycles. The van der Waals surface area contributed by atoms with Crippen molar-refractivity contribution in [2.45, 2.75) is 46.6 Å². The monoisotopic (exact) mass is 432 g/mol.